The van der Waals surface area contributed by atoms with Crippen molar-refractivity contribution in [1.82, 2.24) is 0 Å². The fraction of sp³-hybridized carbons (Fsp3) is 0.324. The summed E-state index contributed by atoms with van der Waals surface area (Å²) in [6.07, 6.45) is 0. The lowest BCUT2D eigenvalue weighted by molar-refractivity contribution is -0.385. The van der Waals surface area contributed by atoms with E-state index in [1.165, 1.54) is 30.0 Å². The minimum absolute atomic E-state index is 0.0582. The van der Waals surface area contributed by atoms with Crippen LogP contribution in [0.15, 0.2) is 61.6 Å². The van der Waals surface area contributed by atoms with Gasteiger partial charge in [-0.2, -0.15) is 0 Å². The van der Waals surface area contributed by atoms with Crippen molar-refractivity contribution in [3.05, 3.63) is 88.4 Å². The zero-order chi connectivity index (χ0) is 37.6. The van der Waals surface area contributed by atoms with Gasteiger partial charge in [-0.15, -0.1) is 0 Å². The lowest BCUT2D eigenvalue weighted by Gasteiger charge is -2.50. The van der Waals surface area contributed by atoms with Crippen molar-refractivity contribution in [2.24, 2.45) is 0 Å². The number of hydrogen-bond acceptors (Lipinski definition) is 15. The van der Waals surface area contributed by atoms with Gasteiger partial charge in [0.2, 0.25) is 0 Å². The number of nitrogens with zero attached hydrogens (tertiary/aromatic N) is 2. The highest BCUT2D eigenvalue weighted by Crippen LogP contribution is 2.71. The first-order valence-corrected chi connectivity index (χ1v) is 17.6. The second-order valence-electron chi connectivity index (χ2n) is 11.5. The molecule has 0 saturated heterocycles. The summed E-state index contributed by atoms with van der Waals surface area (Å²) in [7, 11) is 4.52. The summed E-state index contributed by atoms with van der Waals surface area (Å²) in [5, 5.41) is 11.9. The Morgan fingerprint density at radius 1 is 0.843 bits per heavy atom. The van der Waals surface area contributed by atoms with Crippen LogP contribution in [-0.4, -0.2) is 79.4 Å². The molecule has 3 aliphatic rings. The van der Waals surface area contributed by atoms with Gasteiger partial charge in [0, 0.05) is 33.2 Å². The molecular formula is C34H32N2O12S3. The second-order valence-corrected chi connectivity index (χ2v) is 15.2. The molecule has 268 valence electrons. The van der Waals surface area contributed by atoms with Gasteiger partial charge in [-0.3, -0.25) is 19.8 Å². The molecule has 17 heteroatoms. The van der Waals surface area contributed by atoms with Gasteiger partial charge in [-0.1, -0.05) is 41.4 Å². The molecule has 1 spiro atoms. The Balaban J connectivity index is 1.91. The molecule has 0 atom stereocenters. The number of ether oxygens (including phenoxy) is 5. The number of carbonyl (C=O) groups excluding carboxylic acids is 5. The van der Waals surface area contributed by atoms with Gasteiger partial charge in [0.15, 0.2) is 0 Å². The van der Waals surface area contributed by atoms with Crippen molar-refractivity contribution in [2.75, 3.05) is 39.9 Å². The molecule has 0 saturated carbocycles. The SMILES string of the molecule is CCOc1ccc2c(c1)C1=C(SC(C(=O)OC)=C(C(=O)OC)C13SC(C(=O)OC)=C(C(=O)OC)S3)C(C)(C)N2C(=O)c1cccc([N+](=O)[O-])c1C. The maximum absolute atomic E-state index is 14.7. The summed E-state index contributed by atoms with van der Waals surface area (Å²) in [4.78, 5) is 81.3. The molecule has 5 rings (SSSR count). The quantitative estimate of drug-likeness (QED) is 0.142. The van der Waals surface area contributed by atoms with Crippen molar-refractivity contribution in [1.29, 1.82) is 0 Å². The van der Waals surface area contributed by atoms with E-state index in [0.29, 0.717) is 27.5 Å². The van der Waals surface area contributed by atoms with Crippen molar-refractivity contribution in [3.8, 4) is 5.75 Å². The highest BCUT2D eigenvalue weighted by atomic mass is 32.2. The standard InChI is InChI=1S/C34H32N2O12S3/c1-9-48-17-13-14-21-19(15-17)22-27(33(3,4)35(21)28(37)18-11-10-12-20(16(18)2)36(42)43)49-24(30(39)45-6)23(29(38)44-5)34(22)50-25(31(40)46-7)26(51-34)32(41)47-8/h10-15H,9H2,1-8H3. The summed E-state index contributed by atoms with van der Waals surface area (Å²) in [5.74, 6) is -3.88. The lowest BCUT2D eigenvalue weighted by Crippen LogP contribution is -2.54. The number of nitro benzene ring substituents is 1. The van der Waals surface area contributed by atoms with Gasteiger partial charge >= 0.3 is 23.9 Å². The minimum atomic E-state index is -1.79. The number of amides is 1. The van der Waals surface area contributed by atoms with Gasteiger partial charge in [0.1, 0.15) is 24.5 Å². The topological polar surface area (TPSA) is 178 Å². The Morgan fingerprint density at radius 3 is 1.94 bits per heavy atom. The van der Waals surface area contributed by atoms with E-state index in [-0.39, 0.29) is 43.7 Å². The lowest BCUT2D eigenvalue weighted by atomic mass is 9.82. The fourth-order valence-electron chi connectivity index (χ4n) is 6.09. The molecule has 14 nitrogen and oxygen atoms in total. The molecule has 3 heterocycles. The van der Waals surface area contributed by atoms with Crippen LogP contribution in [-0.2, 0) is 38.1 Å². The van der Waals surface area contributed by atoms with Crippen molar-refractivity contribution >= 4 is 82.0 Å². The number of benzene rings is 2. The zero-order valence-electron chi connectivity index (χ0n) is 28.7. The summed E-state index contributed by atoms with van der Waals surface area (Å²) in [5.41, 5.74) is -0.613. The number of fused-ring (bicyclic) bond motifs is 3. The number of carbonyl (C=O) groups is 5. The summed E-state index contributed by atoms with van der Waals surface area (Å²) in [6.45, 7) is 6.97. The first-order valence-electron chi connectivity index (χ1n) is 15.1. The molecule has 0 aliphatic carbocycles. The maximum atomic E-state index is 14.7. The van der Waals surface area contributed by atoms with Gasteiger partial charge in [-0.05, 0) is 52.0 Å². The highest BCUT2D eigenvalue weighted by molar-refractivity contribution is 8.26. The van der Waals surface area contributed by atoms with Crippen LogP contribution in [0.3, 0.4) is 0 Å². The average molecular weight is 757 g/mol. The molecule has 0 aromatic heterocycles. The highest BCUT2D eigenvalue weighted by Gasteiger charge is 2.62. The summed E-state index contributed by atoms with van der Waals surface area (Å²) in [6, 6.07) is 9.16. The third kappa shape index (κ3) is 5.96. The predicted octanol–water partition coefficient (Wildman–Crippen LogP) is 5.53. The van der Waals surface area contributed by atoms with E-state index in [9.17, 15) is 34.1 Å². The molecule has 0 radical (unpaired) electrons. The van der Waals surface area contributed by atoms with Crippen LogP contribution >= 0.6 is 35.3 Å². The number of hydrogen-bond donors (Lipinski definition) is 0. The first kappa shape index (κ1) is 37.5. The Morgan fingerprint density at radius 2 is 1.41 bits per heavy atom. The first-order chi connectivity index (χ1) is 24.1. The summed E-state index contributed by atoms with van der Waals surface area (Å²) < 4.78 is 24.5. The van der Waals surface area contributed by atoms with E-state index >= 15 is 0 Å². The van der Waals surface area contributed by atoms with Crippen LogP contribution in [0.5, 0.6) is 5.75 Å². The van der Waals surface area contributed by atoms with Crippen LogP contribution in [0, 0.1) is 17.0 Å². The van der Waals surface area contributed by atoms with Gasteiger partial charge in [0.25, 0.3) is 11.6 Å². The van der Waals surface area contributed by atoms with E-state index in [2.05, 4.69) is 0 Å². The van der Waals surface area contributed by atoms with Crippen molar-refractivity contribution in [2.45, 2.75) is 37.3 Å². The second kappa shape index (κ2) is 14.1. The van der Waals surface area contributed by atoms with Crippen LogP contribution in [0.1, 0.15) is 42.3 Å². The number of thioether (sulfide) groups is 3. The van der Waals surface area contributed by atoms with E-state index in [1.54, 1.807) is 39.0 Å². The number of methoxy groups -OCH3 is 4. The van der Waals surface area contributed by atoms with E-state index < -0.39 is 44.3 Å². The van der Waals surface area contributed by atoms with Crippen LogP contribution < -0.4 is 9.64 Å². The molecule has 0 unspecified atom stereocenters. The molecule has 0 bridgehead atoms. The van der Waals surface area contributed by atoms with Gasteiger partial charge in [-0.25, -0.2) is 19.2 Å². The predicted molar refractivity (Wildman–Crippen MR) is 191 cm³/mol. The molecular weight excluding hydrogens is 725 g/mol. The van der Waals surface area contributed by atoms with Crippen LogP contribution in [0.4, 0.5) is 11.4 Å². The molecule has 1 amide bonds. The summed E-state index contributed by atoms with van der Waals surface area (Å²) >= 11 is 2.46. The van der Waals surface area contributed by atoms with E-state index in [1.807, 2.05) is 0 Å². The monoisotopic (exact) mass is 756 g/mol. The van der Waals surface area contributed by atoms with Gasteiger partial charge in [0.05, 0.1) is 56.8 Å². The van der Waals surface area contributed by atoms with Crippen molar-refractivity contribution in [3.63, 3.8) is 0 Å². The van der Waals surface area contributed by atoms with E-state index in [0.717, 1.165) is 63.7 Å². The normalized spacial score (nSPS) is 17.1. The molecule has 0 N–H and O–H groups in total. The largest absolute Gasteiger partial charge is 0.494 e. The molecule has 2 aromatic carbocycles. The van der Waals surface area contributed by atoms with Gasteiger partial charge < -0.3 is 23.7 Å². The Hall–Kier alpha value is -4.74. The Kier molecular flexibility index (Phi) is 10.4. The smallest absolute Gasteiger partial charge is 0.345 e. The zero-order valence-corrected chi connectivity index (χ0v) is 31.1. The number of nitro groups is 1. The molecule has 2 aromatic rings. The molecule has 3 aliphatic heterocycles. The van der Waals surface area contributed by atoms with E-state index in [4.69, 9.17) is 23.7 Å². The van der Waals surface area contributed by atoms with Crippen molar-refractivity contribution < 1.29 is 52.6 Å². The fourth-order valence-corrected chi connectivity index (χ4v) is 11.1. The average Bonchev–Trinajstić information content (AvgIpc) is 3.50. The Bertz CT molecular complexity index is 1990. The third-order valence-electron chi connectivity index (χ3n) is 8.36. The van der Waals surface area contributed by atoms with Crippen LogP contribution in [0.2, 0.25) is 0 Å². The molecule has 0 fully saturated rings. The minimum Gasteiger partial charge on any atom is -0.494 e. The Labute approximate surface area is 305 Å². The third-order valence-corrected chi connectivity index (χ3v) is 13.0. The number of esters is 4. The maximum Gasteiger partial charge on any atom is 0.345 e. The number of rotatable bonds is 8. The van der Waals surface area contributed by atoms with Crippen LogP contribution in [0.25, 0.3) is 5.57 Å². The number of anilines is 1. The molecule has 51 heavy (non-hydrogen) atoms.